The number of phenols is 1. The Bertz CT molecular complexity index is 1600. The van der Waals surface area contributed by atoms with Gasteiger partial charge in [-0.2, -0.15) is 0 Å². The number of methoxy groups -OCH3 is 3. The van der Waals surface area contributed by atoms with Crippen LogP contribution in [-0.4, -0.2) is 64.0 Å². The van der Waals surface area contributed by atoms with Crippen LogP contribution in [0.2, 0.25) is 0 Å². The van der Waals surface area contributed by atoms with Crippen molar-refractivity contribution in [2.24, 2.45) is 0 Å². The van der Waals surface area contributed by atoms with Crippen molar-refractivity contribution in [2.45, 2.75) is 32.2 Å². The zero-order valence-corrected chi connectivity index (χ0v) is 25.7. The number of carbonyl (C=O) groups is 1. The molecule has 0 unspecified atom stereocenters. The first-order valence-electron chi connectivity index (χ1n) is 14.6. The molecule has 0 aliphatic carbocycles. The second-order valence-electron chi connectivity index (χ2n) is 10.4. The Labute approximate surface area is 257 Å². The Morgan fingerprint density at radius 3 is 2.36 bits per heavy atom. The van der Waals surface area contributed by atoms with E-state index in [4.69, 9.17) is 23.4 Å². The van der Waals surface area contributed by atoms with Crippen LogP contribution in [0.1, 0.15) is 31.2 Å². The van der Waals surface area contributed by atoms with Gasteiger partial charge in [-0.25, -0.2) is 0 Å². The maximum absolute atomic E-state index is 12.8. The van der Waals surface area contributed by atoms with E-state index in [2.05, 4.69) is 23.3 Å². The first kappa shape index (κ1) is 32.2. The molecule has 0 saturated carbocycles. The molecule has 0 spiro atoms. The number of benzene rings is 3. The van der Waals surface area contributed by atoms with Crippen LogP contribution in [-0.2, 0) is 11.3 Å². The topological polar surface area (TPSA) is 120 Å². The van der Waals surface area contributed by atoms with Gasteiger partial charge in [-0.3, -0.25) is 9.59 Å². The average molecular weight is 605 g/mol. The molecule has 0 radical (unpaired) electrons. The number of para-hydroxylation sites is 1. The van der Waals surface area contributed by atoms with Crippen LogP contribution in [0.4, 0.5) is 0 Å². The summed E-state index contributed by atoms with van der Waals surface area (Å²) in [4.78, 5) is 27.3. The van der Waals surface area contributed by atoms with Crippen LogP contribution in [0.25, 0.3) is 22.3 Å². The van der Waals surface area contributed by atoms with Gasteiger partial charge in [0, 0.05) is 36.3 Å². The van der Waals surface area contributed by atoms with Crippen molar-refractivity contribution in [3.05, 3.63) is 76.5 Å². The molecule has 4 aromatic rings. The summed E-state index contributed by atoms with van der Waals surface area (Å²) >= 11 is 0. The molecule has 1 heterocycles. The SMILES string of the molecule is COc1ccccc1CN(C)CCCCCCNC(=O)COc1ccc(-c2cc(=O)c3c(O)c(OC)c(OC)cc3o2)cc1. The lowest BCUT2D eigenvalue weighted by Crippen LogP contribution is -2.29. The number of hydrogen-bond acceptors (Lipinski definition) is 9. The van der Waals surface area contributed by atoms with Crippen LogP contribution < -0.4 is 29.7 Å². The molecule has 0 aliphatic heterocycles. The van der Waals surface area contributed by atoms with E-state index in [1.807, 2.05) is 18.2 Å². The van der Waals surface area contributed by atoms with Gasteiger partial charge in [-0.1, -0.05) is 31.0 Å². The number of fused-ring (bicyclic) bond motifs is 1. The zero-order chi connectivity index (χ0) is 31.5. The minimum atomic E-state index is -0.423. The Morgan fingerprint density at radius 1 is 0.909 bits per heavy atom. The lowest BCUT2D eigenvalue weighted by molar-refractivity contribution is -0.123. The van der Waals surface area contributed by atoms with Crippen LogP contribution in [0.3, 0.4) is 0 Å². The van der Waals surface area contributed by atoms with Crippen molar-refractivity contribution in [1.29, 1.82) is 0 Å². The van der Waals surface area contributed by atoms with Gasteiger partial charge in [0.2, 0.25) is 5.75 Å². The number of amides is 1. The Hall–Kier alpha value is -4.70. The van der Waals surface area contributed by atoms with Crippen molar-refractivity contribution in [3.8, 4) is 40.1 Å². The summed E-state index contributed by atoms with van der Waals surface area (Å²) in [6, 6.07) is 17.7. The molecule has 10 heteroatoms. The summed E-state index contributed by atoms with van der Waals surface area (Å²) in [6.45, 7) is 2.35. The summed E-state index contributed by atoms with van der Waals surface area (Å²) in [5, 5.41) is 13.4. The second kappa shape index (κ2) is 15.7. The molecule has 3 aromatic carbocycles. The van der Waals surface area contributed by atoms with Gasteiger partial charge in [-0.15, -0.1) is 0 Å². The monoisotopic (exact) mass is 604 g/mol. The van der Waals surface area contributed by atoms with Crippen molar-refractivity contribution >= 4 is 16.9 Å². The van der Waals surface area contributed by atoms with Gasteiger partial charge in [0.25, 0.3) is 5.91 Å². The van der Waals surface area contributed by atoms with Crippen molar-refractivity contribution < 1.29 is 33.3 Å². The number of carbonyl (C=O) groups excluding carboxylic acids is 1. The predicted molar refractivity (Wildman–Crippen MR) is 169 cm³/mol. The van der Waals surface area contributed by atoms with Gasteiger partial charge in [-0.05, 0) is 56.8 Å². The number of rotatable bonds is 16. The fourth-order valence-corrected chi connectivity index (χ4v) is 4.96. The lowest BCUT2D eigenvalue weighted by Gasteiger charge is -2.18. The van der Waals surface area contributed by atoms with E-state index in [9.17, 15) is 14.7 Å². The number of hydrogen-bond donors (Lipinski definition) is 2. The molecule has 0 fully saturated rings. The number of nitrogens with one attached hydrogen (secondary N) is 1. The molecule has 1 aromatic heterocycles. The van der Waals surface area contributed by atoms with E-state index < -0.39 is 5.43 Å². The first-order chi connectivity index (χ1) is 21.3. The van der Waals surface area contributed by atoms with Crippen molar-refractivity contribution in [1.82, 2.24) is 10.2 Å². The van der Waals surface area contributed by atoms with E-state index in [1.54, 1.807) is 31.4 Å². The van der Waals surface area contributed by atoms with E-state index in [0.29, 0.717) is 23.6 Å². The summed E-state index contributed by atoms with van der Waals surface area (Å²) in [5.41, 5.74) is 1.55. The van der Waals surface area contributed by atoms with Gasteiger partial charge in [0.1, 0.15) is 28.2 Å². The molecule has 10 nitrogen and oxygen atoms in total. The minimum Gasteiger partial charge on any atom is -0.504 e. The summed E-state index contributed by atoms with van der Waals surface area (Å²) in [5.74, 6) is 1.51. The smallest absolute Gasteiger partial charge is 0.257 e. The summed E-state index contributed by atoms with van der Waals surface area (Å²) in [7, 11) is 6.62. The number of ether oxygens (including phenoxy) is 4. The molecule has 44 heavy (non-hydrogen) atoms. The highest BCUT2D eigenvalue weighted by Crippen LogP contribution is 2.42. The van der Waals surface area contributed by atoms with E-state index in [1.165, 1.54) is 31.9 Å². The summed E-state index contributed by atoms with van der Waals surface area (Å²) in [6.07, 6.45) is 4.13. The molecule has 1 amide bonds. The third kappa shape index (κ3) is 8.23. The maximum Gasteiger partial charge on any atom is 0.257 e. The third-order valence-corrected chi connectivity index (χ3v) is 7.27. The van der Waals surface area contributed by atoms with Gasteiger partial charge in [0.05, 0.1) is 21.3 Å². The van der Waals surface area contributed by atoms with Crippen LogP contribution in [0.5, 0.6) is 28.7 Å². The molecule has 234 valence electrons. The molecule has 2 N–H and O–H groups in total. The molecular weight excluding hydrogens is 564 g/mol. The fraction of sp³-hybridized carbons (Fsp3) is 0.353. The molecule has 4 rings (SSSR count). The fourth-order valence-electron chi connectivity index (χ4n) is 4.96. The molecule has 0 saturated heterocycles. The Kier molecular flexibility index (Phi) is 11.5. The van der Waals surface area contributed by atoms with Gasteiger partial charge in [0.15, 0.2) is 23.5 Å². The first-order valence-corrected chi connectivity index (χ1v) is 14.6. The number of phenolic OH excluding ortho intramolecular Hbond substituents is 1. The predicted octanol–water partition coefficient (Wildman–Crippen LogP) is 5.38. The normalized spacial score (nSPS) is 11.0. The van der Waals surface area contributed by atoms with Gasteiger partial charge < -0.3 is 38.7 Å². The Balaban J connectivity index is 1.17. The van der Waals surface area contributed by atoms with E-state index in [0.717, 1.165) is 44.5 Å². The standard InChI is InChI=1S/C34H40N2O8/c1-36(21-24-11-7-8-12-27(24)40-2)18-10-6-5-9-17-35-31(38)22-43-25-15-13-23(14-16-25)28-19-26(37)32-29(44-28)20-30(41-3)34(42-4)33(32)39/h7-8,11-16,19-20,39H,5-6,9-10,17-18,21-22H2,1-4H3,(H,35,38). The van der Waals surface area contributed by atoms with Crippen molar-refractivity contribution in [2.75, 3.05) is 48.1 Å². The van der Waals surface area contributed by atoms with E-state index in [-0.39, 0.29) is 40.7 Å². The summed E-state index contributed by atoms with van der Waals surface area (Å²) < 4.78 is 27.4. The largest absolute Gasteiger partial charge is 0.504 e. The molecule has 0 bridgehead atoms. The highest BCUT2D eigenvalue weighted by Gasteiger charge is 2.19. The van der Waals surface area contributed by atoms with Crippen LogP contribution >= 0.6 is 0 Å². The second-order valence-corrected chi connectivity index (χ2v) is 10.4. The van der Waals surface area contributed by atoms with Gasteiger partial charge >= 0.3 is 0 Å². The number of nitrogens with zero attached hydrogens (tertiary/aromatic N) is 1. The van der Waals surface area contributed by atoms with E-state index >= 15 is 0 Å². The highest BCUT2D eigenvalue weighted by atomic mass is 16.5. The zero-order valence-electron chi connectivity index (χ0n) is 25.7. The molecular formula is C34H40N2O8. The third-order valence-electron chi connectivity index (χ3n) is 7.27. The van der Waals surface area contributed by atoms with Crippen molar-refractivity contribution in [3.63, 3.8) is 0 Å². The lowest BCUT2D eigenvalue weighted by atomic mass is 10.1. The highest BCUT2D eigenvalue weighted by molar-refractivity contribution is 5.89. The minimum absolute atomic E-state index is 0.00480. The molecule has 0 atom stereocenters. The molecule has 0 aliphatic rings. The van der Waals surface area contributed by atoms with Crippen LogP contribution in [0.15, 0.2) is 69.9 Å². The quantitative estimate of drug-likeness (QED) is 0.163. The average Bonchev–Trinajstić information content (AvgIpc) is 3.03. The number of unbranched alkanes of at least 4 members (excludes halogenated alkanes) is 3. The number of aromatic hydroxyl groups is 1. The maximum atomic E-state index is 12.8. The van der Waals surface area contributed by atoms with Crippen LogP contribution in [0, 0.1) is 0 Å². The Morgan fingerprint density at radius 2 is 1.64 bits per heavy atom.